The quantitative estimate of drug-likeness (QED) is 0.363. The zero-order chi connectivity index (χ0) is 27.0. The largest absolute Gasteiger partial charge is 0.508 e. The van der Waals surface area contributed by atoms with Crippen molar-refractivity contribution in [1.82, 2.24) is 0 Å². The third-order valence-corrected chi connectivity index (χ3v) is 8.29. The zero-order valence-corrected chi connectivity index (χ0v) is 21.4. The number of hydrogen-bond donors (Lipinski definition) is 4. The van der Waals surface area contributed by atoms with Gasteiger partial charge >= 0.3 is 0 Å². The maximum absolute atomic E-state index is 14.2. The molecular formula is C29H32O7. The molecule has 7 nitrogen and oxygen atoms in total. The van der Waals surface area contributed by atoms with Crippen molar-refractivity contribution in [2.45, 2.75) is 66.4 Å². The Labute approximate surface area is 210 Å². The van der Waals surface area contributed by atoms with E-state index in [-0.39, 0.29) is 35.6 Å². The molecule has 1 fully saturated rings. The van der Waals surface area contributed by atoms with Gasteiger partial charge in [0.1, 0.15) is 22.8 Å². The maximum Gasteiger partial charge on any atom is 0.203 e. The fourth-order valence-corrected chi connectivity index (χ4v) is 7.02. The first-order chi connectivity index (χ1) is 16.7. The molecule has 4 atom stereocenters. The van der Waals surface area contributed by atoms with Crippen LogP contribution >= 0.6 is 0 Å². The van der Waals surface area contributed by atoms with Crippen LogP contribution in [0.2, 0.25) is 0 Å². The SMILES string of the molecule is CCC#Cc1ccc(O)c2c1C[C@]1(C)C[C@]3(C)C(C(C)C)C(=O)C(C(C)=O)=C(O)[C@]3(O)C(=O)C1=C2O. The molecule has 1 aromatic carbocycles. The minimum Gasteiger partial charge on any atom is -0.508 e. The number of aliphatic hydroxyl groups excluding tert-OH is 2. The van der Waals surface area contributed by atoms with Crippen molar-refractivity contribution in [3.8, 4) is 17.6 Å². The number of fused-ring (bicyclic) bond motifs is 3. The van der Waals surface area contributed by atoms with Crippen LogP contribution in [-0.4, -0.2) is 43.4 Å². The summed E-state index contributed by atoms with van der Waals surface area (Å²) in [6, 6.07) is 3.05. The summed E-state index contributed by atoms with van der Waals surface area (Å²) in [5.74, 6) is 0.737. The van der Waals surface area contributed by atoms with Crippen LogP contribution in [0.15, 0.2) is 29.0 Å². The Morgan fingerprint density at radius 3 is 2.36 bits per heavy atom. The number of phenols is 1. The molecule has 0 heterocycles. The average molecular weight is 493 g/mol. The third-order valence-electron chi connectivity index (χ3n) is 8.29. The minimum absolute atomic E-state index is 0.0568. The fourth-order valence-electron chi connectivity index (χ4n) is 7.02. The summed E-state index contributed by atoms with van der Waals surface area (Å²) < 4.78 is 0. The van der Waals surface area contributed by atoms with E-state index in [1.807, 2.05) is 6.92 Å². The number of rotatable bonds is 2. The number of benzene rings is 1. The van der Waals surface area contributed by atoms with Gasteiger partial charge < -0.3 is 20.4 Å². The summed E-state index contributed by atoms with van der Waals surface area (Å²) in [6.45, 7) is 9.92. The molecule has 4 N–H and O–H groups in total. The van der Waals surface area contributed by atoms with E-state index in [4.69, 9.17) is 0 Å². The molecule has 1 unspecified atom stereocenters. The van der Waals surface area contributed by atoms with E-state index in [2.05, 4.69) is 11.8 Å². The molecule has 4 rings (SSSR count). The highest BCUT2D eigenvalue weighted by molar-refractivity contribution is 6.24. The number of hydrogen-bond acceptors (Lipinski definition) is 7. The minimum atomic E-state index is -2.60. The van der Waals surface area contributed by atoms with Gasteiger partial charge in [-0.1, -0.05) is 46.5 Å². The molecule has 7 heteroatoms. The Hall–Kier alpha value is -3.37. The van der Waals surface area contributed by atoms with Gasteiger partial charge in [-0.05, 0) is 43.4 Å². The molecule has 1 saturated carbocycles. The van der Waals surface area contributed by atoms with Crippen LogP contribution < -0.4 is 0 Å². The van der Waals surface area contributed by atoms with Crippen molar-refractivity contribution in [2.75, 3.05) is 0 Å². The van der Waals surface area contributed by atoms with Crippen LogP contribution in [0.25, 0.3) is 5.76 Å². The van der Waals surface area contributed by atoms with E-state index >= 15 is 0 Å². The van der Waals surface area contributed by atoms with E-state index in [0.29, 0.717) is 17.5 Å². The smallest absolute Gasteiger partial charge is 0.203 e. The number of allylic oxidation sites excluding steroid dienone is 1. The molecule has 3 aliphatic carbocycles. The Morgan fingerprint density at radius 1 is 1.17 bits per heavy atom. The van der Waals surface area contributed by atoms with Gasteiger partial charge in [-0.3, -0.25) is 14.4 Å². The normalized spacial score (nSPS) is 31.5. The van der Waals surface area contributed by atoms with Gasteiger partial charge in [0.2, 0.25) is 5.78 Å². The first-order valence-electron chi connectivity index (χ1n) is 12.2. The summed E-state index contributed by atoms with van der Waals surface area (Å²) in [4.78, 5) is 40.1. The van der Waals surface area contributed by atoms with Crippen LogP contribution in [0.4, 0.5) is 0 Å². The molecule has 0 radical (unpaired) electrons. The maximum atomic E-state index is 14.2. The molecular weight excluding hydrogens is 460 g/mol. The number of aliphatic hydroxyl groups is 3. The van der Waals surface area contributed by atoms with Gasteiger partial charge in [0.05, 0.1) is 5.56 Å². The number of ketones is 3. The van der Waals surface area contributed by atoms with Crippen LogP contribution in [0.3, 0.4) is 0 Å². The summed E-state index contributed by atoms with van der Waals surface area (Å²) in [6.07, 6.45) is 0.872. The molecule has 1 aromatic rings. The Bertz CT molecular complexity index is 1350. The molecule has 36 heavy (non-hydrogen) atoms. The monoisotopic (exact) mass is 492 g/mol. The van der Waals surface area contributed by atoms with Gasteiger partial charge in [0.15, 0.2) is 17.2 Å². The fraction of sp³-hybridized carbons (Fsp3) is 0.483. The lowest BCUT2D eigenvalue weighted by molar-refractivity contribution is -0.178. The second kappa shape index (κ2) is 8.07. The Balaban J connectivity index is 2.09. The highest BCUT2D eigenvalue weighted by Gasteiger charge is 2.72. The van der Waals surface area contributed by atoms with Crippen molar-refractivity contribution in [2.24, 2.45) is 22.7 Å². The van der Waals surface area contributed by atoms with Crippen LogP contribution in [-0.2, 0) is 20.8 Å². The molecule has 0 saturated heterocycles. The van der Waals surface area contributed by atoms with E-state index in [9.17, 15) is 34.8 Å². The topological polar surface area (TPSA) is 132 Å². The second-order valence-electron chi connectivity index (χ2n) is 11.1. The zero-order valence-electron chi connectivity index (χ0n) is 21.4. The highest BCUT2D eigenvalue weighted by Crippen LogP contribution is 2.65. The van der Waals surface area contributed by atoms with Gasteiger partial charge in [0, 0.05) is 34.3 Å². The van der Waals surface area contributed by atoms with Crippen molar-refractivity contribution in [1.29, 1.82) is 0 Å². The van der Waals surface area contributed by atoms with E-state index in [0.717, 1.165) is 6.92 Å². The van der Waals surface area contributed by atoms with E-state index in [1.165, 1.54) is 6.07 Å². The molecule has 0 bridgehead atoms. The molecule has 0 aromatic heterocycles. The average Bonchev–Trinajstić information content (AvgIpc) is 2.75. The van der Waals surface area contributed by atoms with E-state index < -0.39 is 56.8 Å². The van der Waals surface area contributed by atoms with Gasteiger partial charge in [-0.15, -0.1) is 0 Å². The van der Waals surface area contributed by atoms with Gasteiger partial charge in [-0.2, -0.15) is 0 Å². The van der Waals surface area contributed by atoms with Crippen LogP contribution in [0.1, 0.15) is 71.1 Å². The molecule has 0 aliphatic heterocycles. The van der Waals surface area contributed by atoms with Crippen molar-refractivity contribution in [3.05, 3.63) is 45.7 Å². The summed E-state index contributed by atoms with van der Waals surface area (Å²) in [7, 11) is 0. The summed E-state index contributed by atoms with van der Waals surface area (Å²) >= 11 is 0. The lowest BCUT2D eigenvalue weighted by Gasteiger charge is -2.59. The summed E-state index contributed by atoms with van der Waals surface area (Å²) in [5.41, 5.74) is -4.60. The first kappa shape index (κ1) is 25.7. The molecule has 3 aliphatic rings. The number of phenolic OH excluding ortho intramolecular Hbond substituents is 1. The van der Waals surface area contributed by atoms with Crippen LogP contribution in [0.5, 0.6) is 5.75 Å². The molecule has 0 spiro atoms. The number of carbonyl (C=O) groups is 3. The van der Waals surface area contributed by atoms with E-state index in [1.54, 1.807) is 33.8 Å². The highest BCUT2D eigenvalue weighted by atomic mass is 16.3. The summed E-state index contributed by atoms with van der Waals surface area (Å²) in [5, 5.41) is 45.2. The Kier molecular flexibility index (Phi) is 5.77. The van der Waals surface area contributed by atoms with Crippen molar-refractivity contribution >= 4 is 23.1 Å². The first-order valence-corrected chi connectivity index (χ1v) is 12.2. The molecule has 190 valence electrons. The lowest BCUT2D eigenvalue weighted by atomic mass is 9.43. The van der Waals surface area contributed by atoms with Crippen LogP contribution in [0, 0.1) is 34.5 Å². The van der Waals surface area contributed by atoms with Gasteiger partial charge in [-0.25, -0.2) is 0 Å². The number of Topliss-reactive ketones (excluding diaryl/α,β-unsaturated/α-hetero) is 3. The lowest BCUT2D eigenvalue weighted by Crippen LogP contribution is -2.69. The van der Waals surface area contributed by atoms with Crippen molar-refractivity contribution in [3.63, 3.8) is 0 Å². The van der Waals surface area contributed by atoms with Gasteiger partial charge in [0.25, 0.3) is 0 Å². The predicted octanol–water partition coefficient (Wildman–Crippen LogP) is 3.95. The van der Waals surface area contributed by atoms with Crippen molar-refractivity contribution < 1.29 is 34.8 Å². The molecule has 0 amide bonds. The number of carbonyl (C=O) groups excluding carboxylic acids is 3. The second-order valence-corrected chi connectivity index (χ2v) is 11.1. The Morgan fingerprint density at radius 2 is 1.81 bits per heavy atom. The third kappa shape index (κ3) is 3.07. The standard InChI is InChI=1S/C29H32O7/c1-7-8-9-16-10-11-18(31)20-17(16)12-27(5)13-28(6)21(14(2)3)23(32)19(15(4)30)25(34)29(28,36)26(35)22(27)24(20)33/h10-11,14,21,31,33-34,36H,7,12-13H2,1-6H3/t21?,27-,28-,29+/m1/s1. The number of aromatic hydroxyl groups is 1. The predicted molar refractivity (Wildman–Crippen MR) is 133 cm³/mol.